The van der Waals surface area contributed by atoms with Crippen LogP contribution in [0.3, 0.4) is 0 Å². The quantitative estimate of drug-likeness (QED) is 0.121. The molecule has 21 heteroatoms. The van der Waals surface area contributed by atoms with Crippen molar-refractivity contribution in [1.82, 2.24) is 28.8 Å². The van der Waals surface area contributed by atoms with E-state index in [2.05, 4.69) is 20.4 Å². The number of ether oxygens (including phenoxy) is 3. The smallest absolute Gasteiger partial charge is 0.369 e. The Bertz CT molecular complexity index is 1520. The van der Waals surface area contributed by atoms with E-state index in [1.54, 1.807) is 4.72 Å². The molecule has 1 amide bonds. The van der Waals surface area contributed by atoms with Gasteiger partial charge in [-0.3, -0.25) is 9.36 Å². The van der Waals surface area contributed by atoms with E-state index < -0.39 is 66.8 Å². The number of amides is 1. The molecule has 4 heterocycles. The molecule has 1 aliphatic carbocycles. The van der Waals surface area contributed by atoms with Gasteiger partial charge in [0.15, 0.2) is 11.9 Å². The maximum Gasteiger partial charge on any atom is 0.369 e. The number of rotatable bonds is 12. The van der Waals surface area contributed by atoms with E-state index in [1.807, 2.05) is 0 Å². The van der Waals surface area contributed by atoms with Crippen LogP contribution in [0.5, 0.6) is 0 Å². The standard InChI is InChI=1S/C23H35ClN7O11PS/c1-40-12-23(43(35,36)37,21(34)29-44(38,39)30-8-4-5-9-30)41-11-15-16(32)17(33)20(42-15)31-19-14(10-25-31)18(27-22(24)28-19)26-13-6-2-3-7-13/h10,13,15-17,20,32-33H,2-9,11-12H2,1H3,(H,29,34)(H,26,27,28)(H2,35,36,37)/t15-,16-,17-,20-,23?/m1/s1. The molecule has 3 aliphatic rings. The van der Waals surface area contributed by atoms with Crippen LogP contribution >= 0.6 is 19.2 Å². The number of nitrogens with one attached hydrogen (secondary N) is 2. The van der Waals surface area contributed by atoms with E-state index in [0.717, 1.165) is 37.1 Å². The Morgan fingerprint density at radius 2 is 1.86 bits per heavy atom. The maximum absolute atomic E-state index is 13.2. The topological polar surface area (TPSA) is 248 Å². The number of carbonyl (C=O) groups is 1. The third kappa shape index (κ3) is 6.46. The number of aliphatic hydroxyl groups excluding tert-OH is 2. The Morgan fingerprint density at radius 3 is 2.50 bits per heavy atom. The molecule has 2 aliphatic heterocycles. The Labute approximate surface area is 257 Å². The SMILES string of the molecule is COCC(OC[C@H]1O[C@@H](n2ncc3c(NC4CCCC4)nc(Cl)nc32)[C@H](O)[C@@H]1O)(C(=O)NS(=O)(=O)N1CCCC1)P(=O)(O)O. The van der Waals surface area contributed by atoms with Crippen LogP contribution in [0.1, 0.15) is 44.8 Å². The summed E-state index contributed by atoms with van der Waals surface area (Å²) in [5.41, 5.74) is 0.179. The van der Waals surface area contributed by atoms with E-state index in [4.69, 9.17) is 25.8 Å². The minimum atomic E-state index is -5.61. The summed E-state index contributed by atoms with van der Waals surface area (Å²) in [6.07, 6.45) is 0.449. The first-order valence-corrected chi connectivity index (χ1v) is 17.4. The minimum absolute atomic E-state index is 0.103. The Hall–Kier alpha value is -2.03. The van der Waals surface area contributed by atoms with Gasteiger partial charge >= 0.3 is 17.8 Å². The van der Waals surface area contributed by atoms with Crippen LogP contribution in [0.4, 0.5) is 5.82 Å². The number of fused-ring (bicyclic) bond motifs is 1. The second-order valence-electron chi connectivity index (χ2n) is 11.0. The largest absolute Gasteiger partial charge is 0.387 e. The molecule has 1 saturated carbocycles. The Morgan fingerprint density at radius 1 is 1.18 bits per heavy atom. The molecule has 0 spiro atoms. The lowest BCUT2D eigenvalue weighted by Crippen LogP contribution is -2.56. The van der Waals surface area contributed by atoms with Crippen molar-refractivity contribution in [3.8, 4) is 0 Å². The highest BCUT2D eigenvalue weighted by Crippen LogP contribution is 2.52. The first-order valence-electron chi connectivity index (χ1n) is 14.0. The number of halogens is 1. The third-order valence-corrected chi connectivity index (χ3v) is 11.0. The zero-order valence-electron chi connectivity index (χ0n) is 23.7. The summed E-state index contributed by atoms with van der Waals surface area (Å²) in [6, 6.07) is 0.188. The zero-order valence-corrected chi connectivity index (χ0v) is 26.1. The normalized spacial score (nSPS) is 26.8. The summed E-state index contributed by atoms with van der Waals surface area (Å²) in [7, 11) is -9.03. The van der Waals surface area contributed by atoms with Crippen molar-refractivity contribution in [3.63, 3.8) is 0 Å². The predicted molar refractivity (Wildman–Crippen MR) is 153 cm³/mol. The van der Waals surface area contributed by atoms with E-state index >= 15 is 0 Å². The molecular weight excluding hydrogens is 649 g/mol. The molecule has 246 valence electrons. The summed E-state index contributed by atoms with van der Waals surface area (Å²) in [4.78, 5) is 42.1. The Kier molecular flexibility index (Phi) is 9.85. The van der Waals surface area contributed by atoms with Crippen molar-refractivity contribution in [1.29, 1.82) is 0 Å². The third-order valence-electron chi connectivity index (χ3n) is 7.98. The van der Waals surface area contributed by atoms with Gasteiger partial charge in [0.1, 0.15) is 24.1 Å². The van der Waals surface area contributed by atoms with Crippen molar-refractivity contribution in [2.45, 2.75) is 74.4 Å². The molecule has 0 radical (unpaired) electrons. The van der Waals surface area contributed by atoms with Gasteiger partial charge in [-0.2, -0.15) is 27.8 Å². The van der Waals surface area contributed by atoms with Crippen molar-refractivity contribution >= 4 is 52.2 Å². The number of aromatic nitrogens is 4. The minimum Gasteiger partial charge on any atom is -0.387 e. The van der Waals surface area contributed by atoms with Crippen molar-refractivity contribution in [2.24, 2.45) is 0 Å². The molecule has 18 nitrogen and oxygen atoms in total. The molecule has 44 heavy (non-hydrogen) atoms. The van der Waals surface area contributed by atoms with Gasteiger partial charge in [-0.15, -0.1) is 0 Å². The highest BCUT2D eigenvalue weighted by molar-refractivity contribution is 7.87. The second-order valence-corrected chi connectivity index (χ2v) is 14.8. The summed E-state index contributed by atoms with van der Waals surface area (Å²) < 4.78 is 58.0. The molecule has 1 unspecified atom stereocenters. The summed E-state index contributed by atoms with van der Waals surface area (Å²) in [6.45, 7) is -1.68. The first-order chi connectivity index (χ1) is 20.8. The molecule has 0 aromatic carbocycles. The van der Waals surface area contributed by atoms with Gasteiger partial charge in [-0.05, 0) is 37.3 Å². The van der Waals surface area contributed by atoms with E-state index in [1.165, 1.54) is 10.9 Å². The number of hydrogen-bond acceptors (Lipinski definition) is 13. The number of carbonyl (C=O) groups excluding carboxylic acids is 1. The fraction of sp³-hybridized carbons (Fsp3) is 0.739. The predicted octanol–water partition coefficient (Wildman–Crippen LogP) is -0.553. The van der Waals surface area contributed by atoms with Gasteiger partial charge in [0.05, 0.1) is 24.8 Å². The van der Waals surface area contributed by atoms with Crippen molar-refractivity contribution in [2.75, 3.05) is 38.7 Å². The maximum atomic E-state index is 13.2. The number of methoxy groups -OCH3 is 1. The first kappa shape index (κ1) is 33.3. The molecular formula is C23H35ClN7O11PS. The lowest BCUT2D eigenvalue weighted by molar-refractivity contribution is -0.151. The van der Waals surface area contributed by atoms with Crippen LogP contribution in [0, 0.1) is 0 Å². The number of hydrogen-bond donors (Lipinski definition) is 6. The fourth-order valence-electron chi connectivity index (χ4n) is 5.61. The van der Waals surface area contributed by atoms with Crippen LogP contribution in [0.2, 0.25) is 5.28 Å². The zero-order chi connectivity index (χ0) is 31.9. The van der Waals surface area contributed by atoms with Crippen LogP contribution in [-0.2, 0) is 33.8 Å². The van der Waals surface area contributed by atoms with Gasteiger partial charge < -0.3 is 39.5 Å². The van der Waals surface area contributed by atoms with Crippen LogP contribution in [0.25, 0.3) is 11.0 Å². The molecule has 2 saturated heterocycles. The molecule has 6 N–H and O–H groups in total. The van der Waals surface area contributed by atoms with Gasteiger partial charge in [-0.25, -0.2) is 9.40 Å². The van der Waals surface area contributed by atoms with Gasteiger partial charge in [0, 0.05) is 26.2 Å². The highest BCUT2D eigenvalue weighted by Gasteiger charge is 2.58. The summed E-state index contributed by atoms with van der Waals surface area (Å²) in [5.74, 6) is -1.23. The van der Waals surface area contributed by atoms with Crippen LogP contribution < -0.4 is 10.0 Å². The molecule has 2 aromatic rings. The molecule has 0 bridgehead atoms. The molecule has 5 rings (SSSR count). The monoisotopic (exact) mass is 683 g/mol. The molecule has 3 fully saturated rings. The van der Waals surface area contributed by atoms with Crippen LogP contribution in [0.15, 0.2) is 6.20 Å². The lowest BCUT2D eigenvalue weighted by Gasteiger charge is -2.33. The van der Waals surface area contributed by atoms with Crippen molar-refractivity contribution in [3.05, 3.63) is 11.5 Å². The number of aliphatic hydroxyl groups is 2. The van der Waals surface area contributed by atoms with Crippen molar-refractivity contribution < 1.29 is 52.0 Å². The van der Waals surface area contributed by atoms with E-state index in [-0.39, 0.29) is 30.1 Å². The average Bonchev–Trinajstić information content (AvgIpc) is 3.76. The second kappa shape index (κ2) is 13.0. The Balaban J connectivity index is 1.37. The number of nitrogens with zero attached hydrogens (tertiary/aromatic N) is 5. The highest BCUT2D eigenvalue weighted by atomic mass is 35.5. The fourth-order valence-corrected chi connectivity index (χ4v) is 7.97. The summed E-state index contributed by atoms with van der Waals surface area (Å²) in [5, 5.41) is 26.5. The van der Waals surface area contributed by atoms with E-state index in [0.29, 0.717) is 24.0 Å². The van der Waals surface area contributed by atoms with E-state index in [9.17, 15) is 37.8 Å². The van der Waals surface area contributed by atoms with Gasteiger partial charge in [-0.1, -0.05) is 12.8 Å². The lowest BCUT2D eigenvalue weighted by atomic mass is 10.1. The van der Waals surface area contributed by atoms with Gasteiger partial charge in [0.25, 0.3) is 11.2 Å². The van der Waals surface area contributed by atoms with Gasteiger partial charge in [0.2, 0.25) is 5.28 Å². The molecule has 2 aromatic heterocycles. The molecule has 5 atom stereocenters. The average molecular weight is 684 g/mol. The van der Waals surface area contributed by atoms with Crippen LogP contribution in [-0.4, -0.2) is 121 Å². The summed E-state index contributed by atoms with van der Waals surface area (Å²) >= 11 is 6.18. The number of anilines is 1.